The van der Waals surface area contributed by atoms with Gasteiger partial charge in [-0.15, -0.1) is 10.2 Å². The van der Waals surface area contributed by atoms with E-state index in [0.717, 1.165) is 49.8 Å². The molecule has 0 unspecified atom stereocenters. The van der Waals surface area contributed by atoms with Crippen LogP contribution in [0.2, 0.25) is 0 Å². The highest BCUT2D eigenvalue weighted by molar-refractivity contribution is 5.62. The highest BCUT2D eigenvalue weighted by atomic mass is 15.3. The smallest absolute Gasteiger partial charge is 0.164 e. The molecule has 0 atom stereocenters. The van der Waals surface area contributed by atoms with E-state index in [2.05, 4.69) is 104 Å². The highest BCUT2D eigenvalue weighted by Gasteiger charge is 2.19. The van der Waals surface area contributed by atoms with E-state index in [1.54, 1.807) is 0 Å². The molecular formula is C26H27N5. The summed E-state index contributed by atoms with van der Waals surface area (Å²) < 4.78 is 2.28. The Balaban J connectivity index is 1.25. The molecule has 1 aromatic heterocycles. The van der Waals surface area contributed by atoms with Gasteiger partial charge in [0.1, 0.15) is 5.82 Å². The molecule has 0 radical (unpaired) electrons. The Morgan fingerprint density at radius 2 is 1.42 bits per heavy atom. The van der Waals surface area contributed by atoms with Gasteiger partial charge in [0.25, 0.3) is 0 Å². The fraction of sp³-hybridized carbons (Fsp3) is 0.231. The minimum Gasteiger partial charge on any atom is -0.345 e. The molecule has 0 N–H and O–H groups in total. The molecule has 5 nitrogen and oxygen atoms in total. The van der Waals surface area contributed by atoms with E-state index >= 15 is 0 Å². The van der Waals surface area contributed by atoms with Gasteiger partial charge in [0.2, 0.25) is 0 Å². The van der Waals surface area contributed by atoms with Crippen LogP contribution in [0, 0.1) is 0 Å². The number of hydrogen-bond donors (Lipinski definition) is 0. The van der Waals surface area contributed by atoms with E-state index in [9.17, 15) is 0 Å². The summed E-state index contributed by atoms with van der Waals surface area (Å²) in [6.07, 6.45) is 0.925. The topological polar surface area (TPSA) is 37.2 Å². The minimum absolute atomic E-state index is 0.918. The zero-order valence-electron chi connectivity index (χ0n) is 17.9. The Hall–Kier alpha value is -3.44. The van der Waals surface area contributed by atoms with Crippen LogP contribution < -0.4 is 4.90 Å². The van der Waals surface area contributed by atoms with Crippen molar-refractivity contribution in [3.05, 3.63) is 96.3 Å². The van der Waals surface area contributed by atoms with Gasteiger partial charge in [-0.3, -0.25) is 4.90 Å². The highest BCUT2D eigenvalue weighted by Crippen LogP contribution is 2.24. The van der Waals surface area contributed by atoms with Gasteiger partial charge in [0.15, 0.2) is 5.82 Å². The minimum atomic E-state index is 0.918. The van der Waals surface area contributed by atoms with Crippen molar-refractivity contribution in [2.45, 2.75) is 19.5 Å². The first-order valence-electron chi connectivity index (χ1n) is 10.9. The molecule has 0 saturated carbocycles. The lowest BCUT2D eigenvalue weighted by molar-refractivity contribution is 0.271. The van der Waals surface area contributed by atoms with Crippen LogP contribution in [-0.2, 0) is 19.5 Å². The SMILES string of the molecule is CN(c1ccccc1)c1ccc(CN2CCc3nnc(-c4ccccc4)n3CC2)cc1. The molecule has 0 saturated heterocycles. The lowest BCUT2D eigenvalue weighted by Crippen LogP contribution is -2.26. The van der Waals surface area contributed by atoms with Gasteiger partial charge in [-0.25, -0.2) is 0 Å². The van der Waals surface area contributed by atoms with Crippen molar-refractivity contribution >= 4 is 11.4 Å². The maximum absolute atomic E-state index is 4.48. The Labute approximate surface area is 183 Å². The van der Waals surface area contributed by atoms with Crippen LogP contribution in [0.1, 0.15) is 11.4 Å². The zero-order valence-corrected chi connectivity index (χ0v) is 17.9. The number of nitrogens with zero attached hydrogens (tertiary/aromatic N) is 5. The molecule has 0 aliphatic carbocycles. The largest absolute Gasteiger partial charge is 0.345 e. The Morgan fingerprint density at radius 1 is 0.742 bits per heavy atom. The molecule has 0 fully saturated rings. The number of para-hydroxylation sites is 1. The van der Waals surface area contributed by atoms with Crippen molar-refractivity contribution in [1.82, 2.24) is 19.7 Å². The molecule has 0 spiro atoms. The van der Waals surface area contributed by atoms with Gasteiger partial charge in [0.05, 0.1) is 0 Å². The quantitative estimate of drug-likeness (QED) is 0.476. The molecule has 5 rings (SSSR count). The monoisotopic (exact) mass is 409 g/mol. The Bertz CT molecular complexity index is 1120. The summed E-state index contributed by atoms with van der Waals surface area (Å²) in [4.78, 5) is 4.73. The van der Waals surface area contributed by atoms with E-state index in [-0.39, 0.29) is 0 Å². The predicted octanol–water partition coefficient (Wildman–Crippen LogP) is 4.77. The second-order valence-electron chi connectivity index (χ2n) is 8.04. The normalized spacial score (nSPS) is 14.1. The van der Waals surface area contributed by atoms with Gasteiger partial charge < -0.3 is 9.47 Å². The molecule has 0 amide bonds. The summed E-state index contributed by atoms with van der Waals surface area (Å²) >= 11 is 0. The van der Waals surface area contributed by atoms with Crippen molar-refractivity contribution in [2.75, 3.05) is 25.0 Å². The molecule has 4 aromatic rings. The molecule has 1 aliphatic rings. The fourth-order valence-electron chi connectivity index (χ4n) is 4.21. The average Bonchev–Trinajstić information content (AvgIpc) is 3.14. The van der Waals surface area contributed by atoms with Crippen LogP contribution >= 0.6 is 0 Å². The van der Waals surface area contributed by atoms with Gasteiger partial charge >= 0.3 is 0 Å². The van der Waals surface area contributed by atoms with Crippen LogP contribution in [0.15, 0.2) is 84.9 Å². The van der Waals surface area contributed by atoms with E-state index in [1.807, 2.05) is 12.1 Å². The summed E-state index contributed by atoms with van der Waals surface area (Å²) in [6.45, 7) is 3.87. The summed E-state index contributed by atoms with van der Waals surface area (Å²) in [6, 6.07) is 29.7. The van der Waals surface area contributed by atoms with Crippen LogP contribution in [0.5, 0.6) is 0 Å². The van der Waals surface area contributed by atoms with Gasteiger partial charge in [-0.05, 0) is 29.8 Å². The zero-order chi connectivity index (χ0) is 21.0. The van der Waals surface area contributed by atoms with Crippen molar-refractivity contribution in [1.29, 1.82) is 0 Å². The van der Waals surface area contributed by atoms with Gasteiger partial charge in [-0.2, -0.15) is 0 Å². The predicted molar refractivity (Wildman–Crippen MR) is 125 cm³/mol. The summed E-state index contributed by atoms with van der Waals surface area (Å²) in [5, 5.41) is 8.93. The molecular weight excluding hydrogens is 382 g/mol. The first kappa shape index (κ1) is 19.5. The first-order valence-corrected chi connectivity index (χ1v) is 10.9. The summed E-state index contributed by atoms with van der Waals surface area (Å²) in [7, 11) is 2.11. The second kappa shape index (κ2) is 8.74. The summed E-state index contributed by atoms with van der Waals surface area (Å²) in [5.41, 5.74) is 4.86. The second-order valence-corrected chi connectivity index (χ2v) is 8.04. The lowest BCUT2D eigenvalue weighted by Gasteiger charge is -2.22. The maximum atomic E-state index is 4.48. The lowest BCUT2D eigenvalue weighted by atomic mass is 10.1. The standard InChI is InChI=1S/C26H27N5/c1-29(23-10-6-3-7-11-23)24-14-12-21(13-15-24)20-30-17-16-25-27-28-26(31(25)19-18-30)22-8-4-2-5-9-22/h2-15H,16-20H2,1H3. The molecule has 5 heteroatoms. The number of benzene rings is 3. The van der Waals surface area contributed by atoms with Crippen LogP contribution in [-0.4, -0.2) is 39.8 Å². The van der Waals surface area contributed by atoms with Crippen molar-refractivity contribution in [2.24, 2.45) is 0 Å². The fourth-order valence-corrected chi connectivity index (χ4v) is 4.21. The van der Waals surface area contributed by atoms with Gasteiger partial charge in [-0.1, -0.05) is 60.7 Å². The number of hydrogen-bond acceptors (Lipinski definition) is 4. The van der Waals surface area contributed by atoms with Crippen LogP contribution in [0.4, 0.5) is 11.4 Å². The third-order valence-corrected chi connectivity index (χ3v) is 6.02. The summed E-state index contributed by atoms with van der Waals surface area (Å²) in [5.74, 6) is 2.06. The van der Waals surface area contributed by atoms with Crippen molar-refractivity contribution in [3.63, 3.8) is 0 Å². The number of anilines is 2. The molecule has 3 aromatic carbocycles. The van der Waals surface area contributed by atoms with E-state index in [4.69, 9.17) is 0 Å². The van der Waals surface area contributed by atoms with Crippen molar-refractivity contribution in [3.8, 4) is 11.4 Å². The van der Waals surface area contributed by atoms with Crippen LogP contribution in [0.25, 0.3) is 11.4 Å². The van der Waals surface area contributed by atoms with Crippen LogP contribution in [0.3, 0.4) is 0 Å². The first-order chi connectivity index (χ1) is 15.3. The third kappa shape index (κ3) is 4.23. The van der Waals surface area contributed by atoms with E-state index in [0.29, 0.717) is 0 Å². The Kier molecular flexibility index (Phi) is 5.50. The number of aromatic nitrogens is 3. The maximum Gasteiger partial charge on any atom is 0.164 e. The van der Waals surface area contributed by atoms with Gasteiger partial charge in [0, 0.05) is 56.6 Å². The molecule has 1 aliphatic heterocycles. The number of rotatable bonds is 5. The molecule has 31 heavy (non-hydrogen) atoms. The van der Waals surface area contributed by atoms with Crippen molar-refractivity contribution < 1.29 is 0 Å². The van der Waals surface area contributed by atoms with E-state index in [1.165, 1.54) is 16.9 Å². The average molecular weight is 410 g/mol. The number of fused-ring (bicyclic) bond motifs is 1. The molecule has 2 heterocycles. The third-order valence-electron chi connectivity index (χ3n) is 6.02. The molecule has 0 bridgehead atoms. The molecule has 156 valence electrons. The van der Waals surface area contributed by atoms with E-state index < -0.39 is 0 Å². The Morgan fingerprint density at radius 3 is 2.16 bits per heavy atom.